The predicted molar refractivity (Wildman–Crippen MR) is 110 cm³/mol. The number of fused-ring (bicyclic) bond motifs is 1. The van der Waals surface area contributed by atoms with E-state index in [9.17, 15) is 4.79 Å². The van der Waals surface area contributed by atoms with Gasteiger partial charge in [0.2, 0.25) is 5.76 Å². The maximum Gasteiger partial charge on any atom is 0.291 e. The van der Waals surface area contributed by atoms with E-state index in [-0.39, 0.29) is 11.8 Å². The highest BCUT2D eigenvalue weighted by Crippen LogP contribution is 2.33. The monoisotopic (exact) mass is 399 g/mol. The van der Waals surface area contributed by atoms with Gasteiger partial charge in [-0.25, -0.2) is 9.97 Å². The van der Waals surface area contributed by atoms with E-state index in [2.05, 4.69) is 31.7 Å². The minimum Gasteiger partial charge on any atom is -0.438 e. The SMILES string of the molecule is Cc1ncoc1C(=O)N1Cc2ccccc2C(c2nccn2Cc2cccnc2)C1. The van der Waals surface area contributed by atoms with Crippen LogP contribution in [0.15, 0.2) is 72.0 Å². The Kier molecular flexibility index (Phi) is 4.63. The van der Waals surface area contributed by atoms with Crippen molar-refractivity contribution < 1.29 is 9.21 Å². The molecule has 1 unspecified atom stereocenters. The van der Waals surface area contributed by atoms with Gasteiger partial charge in [0.25, 0.3) is 5.91 Å². The Morgan fingerprint density at radius 1 is 1.17 bits per heavy atom. The average molecular weight is 399 g/mol. The van der Waals surface area contributed by atoms with Crippen molar-refractivity contribution >= 4 is 5.91 Å². The molecule has 7 nitrogen and oxygen atoms in total. The second-order valence-corrected chi connectivity index (χ2v) is 7.48. The van der Waals surface area contributed by atoms with Gasteiger partial charge in [0.15, 0.2) is 6.39 Å². The molecule has 5 rings (SSSR count). The van der Waals surface area contributed by atoms with Crippen LogP contribution < -0.4 is 0 Å². The van der Waals surface area contributed by atoms with Crippen molar-refractivity contribution in [3.05, 3.63) is 102 Å². The van der Waals surface area contributed by atoms with Gasteiger partial charge in [-0.15, -0.1) is 0 Å². The molecule has 0 spiro atoms. The number of hydrogen-bond acceptors (Lipinski definition) is 5. The molecule has 150 valence electrons. The van der Waals surface area contributed by atoms with Gasteiger partial charge in [0.05, 0.1) is 18.2 Å². The first-order valence-corrected chi connectivity index (χ1v) is 9.88. The molecule has 4 heterocycles. The van der Waals surface area contributed by atoms with Crippen LogP contribution in [-0.4, -0.2) is 36.9 Å². The van der Waals surface area contributed by atoms with E-state index >= 15 is 0 Å². The lowest BCUT2D eigenvalue weighted by Crippen LogP contribution is -2.39. The highest BCUT2D eigenvalue weighted by atomic mass is 16.3. The Labute approximate surface area is 174 Å². The maximum atomic E-state index is 13.1. The highest BCUT2D eigenvalue weighted by Gasteiger charge is 2.33. The Balaban J connectivity index is 1.51. The Morgan fingerprint density at radius 3 is 2.87 bits per heavy atom. The summed E-state index contributed by atoms with van der Waals surface area (Å²) in [5.74, 6) is 1.05. The number of nitrogens with zero attached hydrogens (tertiary/aromatic N) is 5. The number of rotatable bonds is 4. The largest absolute Gasteiger partial charge is 0.438 e. The van der Waals surface area contributed by atoms with Gasteiger partial charge in [-0.2, -0.15) is 0 Å². The summed E-state index contributed by atoms with van der Waals surface area (Å²) in [6.07, 6.45) is 8.74. The first-order chi connectivity index (χ1) is 14.7. The molecule has 0 aliphatic carbocycles. The van der Waals surface area contributed by atoms with Crippen LogP contribution in [0.1, 0.15) is 44.7 Å². The van der Waals surface area contributed by atoms with Gasteiger partial charge in [0, 0.05) is 37.9 Å². The summed E-state index contributed by atoms with van der Waals surface area (Å²) in [6, 6.07) is 12.2. The van der Waals surface area contributed by atoms with Crippen LogP contribution in [0, 0.1) is 6.92 Å². The van der Waals surface area contributed by atoms with E-state index in [1.807, 2.05) is 47.8 Å². The van der Waals surface area contributed by atoms with Crippen molar-refractivity contribution in [2.45, 2.75) is 25.9 Å². The van der Waals surface area contributed by atoms with Crippen LogP contribution >= 0.6 is 0 Å². The third-order valence-corrected chi connectivity index (χ3v) is 5.56. The molecule has 0 fully saturated rings. The van der Waals surface area contributed by atoms with Gasteiger partial charge in [-0.05, 0) is 29.7 Å². The van der Waals surface area contributed by atoms with Crippen LogP contribution in [0.25, 0.3) is 0 Å². The molecular weight excluding hydrogens is 378 g/mol. The number of amides is 1. The topological polar surface area (TPSA) is 77.0 Å². The molecule has 4 aromatic rings. The molecule has 0 N–H and O–H groups in total. The number of imidazole rings is 1. The fraction of sp³-hybridized carbons (Fsp3) is 0.217. The number of oxazole rings is 1. The van der Waals surface area contributed by atoms with Crippen LogP contribution in [0.5, 0.6) is 0 Å². The molecule has 3 aromatic heterocycles. The Morgan fingerprint density at radius 2 is 2.07 bits per heavy atom. The first-order valence-electron chi connectivity index (χ1n) is 9.88. The molecule has 1 amide bonds. The van der Waals surface area contributed by atoms with Crippen LogP contribution in [-0.2, 0) is 13.1 Å². The smallest absolute Gasteiger partial charge is 0.291 e. The zero-order chi connectivity index (χ0) is 20.5. The quantitative estimate of drug-likeness (QED) is 0.526. The summed E-state index contributed by atoms with van der Waals surface area (Å²) in [7, 11) is 0. The summed E-state index contributed by atoms with van der Waals surface area (Å²) in [5.41, 5.74) is 4.03. The van der Waals surface area contributed by atoms with E-state index < -0.39 is 0 Å². The number of aromatic nitrogens is 4. The number of carbonyl (C=O) groups is 1. The lowest BCUT2D eigenvalue weighted by Gasteiger charge is -2.34. The molecule has 0 saturated heterocycles. The van der Waals surface area contributed by atoms with Crippen molar-refractivity contribution in [3.8, 4) is 0 Å². The van der Waals surface area contributed by atoms with Gasteiger partial charge in [0.1, 0.15) is 5.82 Å². The van der Waals surface area contributed by atoms with Crippen molar-refractivity contribution in [1.82, 2.24) is 24.4 Å². The van der Waals surface area contributed by atoms with Crippen molar-refractivity contribution in [2.75, 3.05) is 6.54 Å². The number of pyridine rings is 1. The summed E-state index contributed by atoms with van der Waals surface area (Å²) in [5, 5.41) is 0. The molecule has 0 bridgehead atoms. The fourth-order valence-corrected chi connectivity index (χ4v) is 4.09. The van der Waals surface area contributed by atoms with E-state index in [1.165, 1.54) is 12.0 Å². The number of benzene rings is 1. The first kappa shape index (κ1) is 18.3. The summed E-state index contributed by atoms with van der Waals surface area (Å²) in [4.78, 5) is 27.9. The minimum absolute atomic E-state index is 0.0335. The average Bonchev–Trinajstić information content (AvgIpc) is 3.42. The van der Waals surface area contributed by atoms with Gasteiger partial charge >= 0.3 is 0 Å². The van der Waals surface area contributed by atoms with Crippen molar-refractivity contribution in [3.63, 3.8) is 0 Å². The molecule has 1 aromatic carbocycles. The third-order valence-electron chi connectivity index (χ3n) is 5.56. The molecular formula is C23H21N5O2. The number of hydrogen-bond donors (Lipinski definition) is 0. The molecule has 1 aliphatic heterocycles. The number of aryl methyl sites for hydroxylation is 1. The number of carbonyl (C=O) groups excluding carboxylic acids is 1. The molecule has 0 radical (unpaired) electrons. The van der Waals surface area contributed by atoms with E-state index in [1.54, 1.807) is 13.1 Å². The fourth-order valence-electron chi connectivity index (χ4n) is 4.09. The molecule has 30 heavy (non-hydrogen) atoms. The third kappa shape index (κ3) is 3.28. The van der Waals surface area contributed by atoms with Gasteiger partial charge in [-0.1, -0.05) is 30.3 Å². The van der Waals surface area contributed by atoms with Crippen LogP contribution in [0.3, 0.4) is 0 Å². The standard InChI is InChI=1S/C23H21N5O2/c1-16-21(30-15-26-16)23(29)28-13-18-6-2-3-7-19(18)20(14-28)22-25-9-10-27(22)12-17-5-4-8-24-11-17/h2-11,15,20H,12-14H2,1H3. The van der Waals surface area contributed by atoms with Crippen molar-refractivity contribution in [1.29, 1.82) is 0 Å². The summed E-state index contributed by atoms with van der Waals surface area (Å²) in [6.45, 7) is 3.53. The van der Waals surface area contributed by atoms with Gasteiger partial charge < -0.3 is 13.9 Å². The van der Waals surface area contributed by atoms with Crippen molar-refractivity contribution in [2.24, 2.45) is 0 Å². The highest BCUT2D eigenvalue weighted by molar-refractivity contribution is 5.92. The Bertz CT molecular complexity index is 1180. The molecule has 1 atom stereocenters. The van der Waals surface area contributed by atoms with E-state index in [0.717, 1.165) is 17.0 Å². The van der Waals surface area contributed by atoms with Crippen LogP contribution in [0.2, 0.25) is 0 Å². The molecule has 1 aliphatic rings. The summed E-state index contributed by atoms with van der Waals surface area (Å²) < 4.78 is 7.50. The Hall–Kier alpha value is -3.74. The second kappa shape index (κ2) is 7.59. The maximum absolute atomic E-state index is 13.1. The van der Waals surface area contributed by atoms with E-state index in [0.29, 0.717) is 31.1 Å². The van der Waals surface area contributed by atoms with E-state index in [4.69, 9.17) is 4.42 Å². The molecule has 0 saturated carbocycles. The second-order valence-electron chi connectivity index (χ2n) is 7.48. The zero-order valence-corrected chi connectivity index (χ0v) is 16.6. The lowest BCUT2D eigenvalue weighted by atomic mass is 9.88. The summed E-state index contributed by atoms with van der Waals surface area (Å²) >= 11 is 0. The van der Waals surface area contributed by atoms with Gasteiger partial charge in [-0.3, -0.25) is 9.78 Å². The minimum atomic E-state index is -0.144. The normalized spacial score (nSPS) is 15.8. The zero-order valence-electron chi connectivity index (χ0n) is 16.6. The molecule has 7 heteroatoms. The predicted octanol–water partition coefficient (Wildman–Crippen LogP) is 3.41. The lowest BCUT2D eigenvalue weighted by molar-refractivity contribution is 0.0689. The van der Waals surface area contributed by atoms with Crippen LogP contribution in [0.4, 0.5) is 0 Å².